The van der Waals surface area contributed by atoms with Gasteiger partial charge in [0.05, 0.1) is 11.8 Å². The number of aryl methyl sites for hydroxylation is 1. The molecule has 0 radical (unpaired) electrons. The second-order valence-corrected chi connectivity index (χ2v) is 12.1. The lowest BCUT2D eigenvalue weighted by molar-refractivity contribution is 0.146. The summed E-state index contributed by atoms with van der Waals surface area (Å²) in [6, 6.07) is 15.0. The molecule has 0 heterocycles. The van der Waals surface area contributed by atoms with Crippen molar-refractivity contribution in [1.82, 2.24) is 0 Å². The number of oxime groups is 2. The minimum atomic E-state index is -0.580. The van der Waals surface area contributed by atoms with E-state index in [2.05, 4.69) is 44.9 Å². The first-order valence-corrected chi connectivity index (χ1v) is 17.4. The Kier molecular flexibility index (Phi) is 21.8. The number of hydrogen-bond acceptors (Lipinski definition) is 6. The van der Waals surface area contributed by atoms with Gasteiger partial charge in [0.25, 0.3) is 0 Å². The highest BCUT2D eigenvalue weighted by molar-refractivity contribution is 6.14. The summed E-state index contributed by atoms with van der Waals surface area (Å²) in [7, 11) is 0. The molecule has 0 bridgehead atoms. The molecule has 0 saturated carbocycles. The largest absolute Gasteiger partial charge is 0.507 e. The first-order chi connectivity index (χ1) is 21.4. The van der Waals surface area contributed by atoms with Crippen molar-refractivity contribution in [3.63, 3.8) is 0 Å². The quantitative estimate of drug-likeness (QED) is 0.0488. The molecule has 2 aromatic carbocycles. The van der Waals surface area contributed by atoms with E-state index < -0.39 is 6.10 Å². The smallest absolute Gasteiger partial charge is 0.125 e. The Morgan fingerprint density at radius 2 is 1.30 bits per heavy atom. The molecule has 44 heavy (non-hydrogen) atoms. The van der Waals surface area contributed by atoms with E-state index in [1.807, 2.05) is 42.5 Å². The van der Waals surface area contributed by atoms with E-state index in [-0.39, 0.29) is 17.6 Å². The van der Waals surface area contributed by atoms with Crippen LogP contribution in [-0.2, 0) is 6.42 Å². The fraction of sp³-hybridized carbons (Fsp3) is 0.632. The maximum absolute atomic E-state index is 10.5. The lowest BCUT2D eigenvalue weighted by Gasteiger charge is -2.26. The Labute approximate surface area is 268 Å². The monoisotopic (exact) mass is 610 g/mol. The summed E-state index contributed by atoms with van der Waals surface area (Å²) < 4.78 is 0. The summed E-state index contributed by atoms with van der Waals surface area (Å²) in [6.45, 7) is 10.8. The van der Waals surface area contributed by atoms with Crippen LogP contribution in [0.5, 0.6) is 5.75 Å². The van der Waals surface area contributed by atoms with Crippen LogP contribution in [-0.4, -0.2) is 38.2 Å². The van der Waals surface area contributed by atoms with Crippen molar-refractivity contribution < 1.29 is 20.6 Å². The number of benzene rings is 2. The first-order valence-electron chi connectivity index (χ1n) is 17.4. The van der Waals surface area contributed by atoms with E-state index in [1.54, 1.807) is 6.07 Å². The van der Waals surface area contributed by atoms with Crippen LogP contribution in [0.25, 0.3) is 0 Å². The number of aliphatic hydroxyl groups is 1. The zero-order valence-electron chi connectivity index (χ0n) is 28.3. The van der Waals surface area contributed by atoms with Crippen molar-refractivity contribution in [3.8, 4) is 5.75 Å². The van der Waals surface area contributed by atoms with E-state index in [0.29, 0.717) is 17.0 Å². The van der Waals surface area contributed by atoms with E-state index in [4.69, 9.17) is 0 Å². The second kappa shape index (κ2) is 24.5. The van der Waals surface area contributed by atoms with Gasteiger partial charge in [-0.05, 0) is 55.7 Å². The Balaban J connectivity index is 0.000000459. The van der Waals surface area contributed by atoms with E-state index in [0.717, 1.165) is 69.8 Å². The Bertz CT molecular complexity index is 1050. The molecule has 0 aromatic heterocycles. The molecule has 0 aliphatic heterocycles. The fourth-order valence-electron chi connectivity index (χ4n) is 5.76. The van der Waals surface area contributed by atoms with Gasteiger partial charge in [-0.1, -0.05) is 152 Å². The molecule has 6 heteroatoms. The predicted octanol–water partition coefficient (Wildman–Crippen LogP) is 10.5. The molecule has 6 nitrogen and oxygen atoms in total. The molecule has 0 spiro atoms. The Hall–Kier alpha value is -2.86. The normalized spacial score (nSPS) is 14.0. The van der Waals surface area contributed by atoms with Gasteiger partial charge in [0.2, 0.25) is 0 Å². The number of unbranched alkanes of at least 4 members (excludes halogenated alkanes) is 8. The maximum atomic E-state index is 10.5. The van der Waals surface area contributed by atoms with E-state index in [9.17, 15) is 20.6 Å². The van der Waals surface area contributed by atoms with Crippen molar-refractivity contribution >= 4 is 11.4 Å². The SMILES string of the molecule is CCCCC(CC)/C(=N\O)C(O)C(CC)CCCC.CCCCCCCCCc1ccc(O)c(/C(=N/O)c2ccccc2)c1. The molecule has 2 aromatic rings. The molecule has 0 aliphatic carbocycles. The molecule has 248 valence electrons. The fourth-order valence-corrected chi connectivity index (χ4v) is 5.76. The number of phenols is 1. The number of hydrogen-bond donors (Lipinski definition) is 4. The highest BCUT2D eigenvalue weighted by Crippen LogP contribution is 2.25. The van der Waals surface area contributed by atoms with Gasteiger partial charge >= 0.3 is 0 Å². The highest BCUT2D eigenvalue weighted by atomic mass is 16.4. The van der Waals surface area contributed by atoms with Crippen LogP contribution in [0.2, 0.25) is 0 Å². The highest BCUT2D eigenvalue weighted by Gasteiger charge is 2.28. The summed E-state index contributed by atoms with van der Waals surface area (Å²) in [5.74, 6) is 0.581. The summed E-state index contributed by atoms with van der Waals surface area (Å²) >= 11 is 0. The molecular formula is C38H62N2O4. The van der Waals surface area contributed by atoms with Crippen LogP contribution in [0.1, 0.15) is 148 Å². The van der Waals surface area contributed by atoms with E-state index >= 15 is 0 Å². The van der Waals surface area contributed by atoms with Gasteiger partial charge < -0.3 is 20.6 Å². The summed E-state index contributed by atoms with van der Waals surface area (Å²) in [4.78, 5) is 0. The zero-order valence-corrected chi connectivity index (χ0v) is 28.3. The minimum Gasteiger partial charge on any atom is -0.507 e. The topological polar surface area (TPSA) is 106 Å². The average molecular weight is 611 g/mol. The molecule has 4 N–H and O–H groups in total. The molecule has 3 atom stereocenters. The average Bonchev–Trinajstić information content (AvgIpc) is 3.05. The van der Waals surface area contributed by atoms with Crippen LogP contribution in [0.4, 0.5) is 0 Å². The summed E-state index contributed by atoms with van der Waals surface area (Å²) in [6.07, 6.45) is 17.8. The van der Waals surface area contributed by atoms with E-state index in [1.165, 1.54) is 44.1 Å². The molecule has 0 aliphatic rings. The van der Waals surface area contributed by atoms with Gasteiger partial charge in [-0.2, -0.15) is 0 Å². The van der Waals surface area contributed by atoms with Gasteiger partial charge in [0.15, 0.2) is 0 Å². The van der Waals surface area contributed by atoms with Crippen LogP contribution in [0.3, 0.4) is 0 Å². The van der Waals surface area contributed by atoms with Gasteiger partial charge in [-0.3, -0.25) is 0 Å². The van der Waals surface area contributed by atoms with Gasteiger partial charge in [0, 0.05) is 17.0 Å². The third kappa shape index (κ3) is 14.3. The Morgan fingerprint density at radius 1 is 0.682 bits per heavy atom. The maximum Gasteiger partial charge on any atom is 0.125 e. The number of rotatable bonds is 21. The number of phenolic OH excluding ortho intramolecular Hbond substituents is 1. The standard InChI is InChI=1S/C22H29NO2.C16H33NO2/c1-2-3-4-5-6-7-9-12-18-15-16-21(24)20(17-18)22(23-25)19-13-10-8-11-14-19;1-5-9-11-13(7-3)15(17-19)16(18)14(8-4)12-10-6-2/h8,10-11,13-17,24-25H,2-7,9,12H2,1H3;13-14,16,18-19H,5-12H2,1-4H3/b23-22+;17-15+. The number of nitrogens with zero attached hydrogens (tertiary/aromatic N) is 2. The lowest BCUT2D eigenvalue weighted by atomic mass is 9.83. The van der Waals surface area contributed by atoms with Crippen molar-refractivity contribution in [2.75, 3.05) is 0 Å². The molecule has 3 unspecified atom stereocenters. The van der Waals surface area contributed by atoms with Gasteiger partial charge in [-0.25, -0.2) is 0 Å². The van der Waals surface area contributed by atoms with Crippen LogP contribution in [0, 0.1) is 11.8 Å². The minimum absolute atomic E-state index is 0.139. The molecule has 2 rings (SSSR count). The summed E-state index contributed by atoms with van der Waals surface area (Å²) in [5.41, 5.74) is 3.54. The molecule has 0 amide bonds. The van der Waals surface area contributed by atoms with Gasteiger partial charge in [-0.15, -0.1) is 0 Å². The van der Waals surface area contributed by atoms with Crippen LogP contribution >= 0.6 is 0 Å². The Morgan fingerprint density at radius 3 is 1.86 bits per heavy atom. The van der Waals surface area contributed by atoms with Crippen molar-refractivity contribution in [2.45, 2.75) is 143 Å². The molecular weight excluding hydrogens is 548 g/mol. The van der Waals surface area contributed by atoms with Crippen molar-refractivity contribution in [1.29, 1.82) is 0 Å². The number of aromatic hydroxyl groups is 1. The zero-order chi connectivity index (χ0) is 32.6. The molecule has 0 fully saturated rings. The van der Waals surface area contributed by atoms with Crippen molar-refractivity contribution in [3.05, 3.63) is 65.2 Å². The molecule has 0 saturated heterocycles. The third-order valence-electron chi connectivity index (χ3n) is 8.67. The van der Waals surface area contributed by atoms with Crippen LogP contribution < -0.4 is 0 Å². The second-order valence-electron chi connectivity index (χ2n) is 12.1. The van der Waals surface area contributed by atoms with Crippen molar-refractivity contribution in [2.24, 2.45) is 22.1 Å². The lowest BCUT2D eigenvalue weighted by Crippen LogP contribution is -2.34. The first kappa shape index (κ1) is 39.2. The number of aliphatic hydroxyl groups excluding tert-OH is 1. The predicted molar refractivity (Wildman–Crippen MR) is 186 cm³/mol. The van der Waals surface area contributed by atoms with Gasteiger partial charge in [0.1, 0.15) is 11.5 Å². The third-order valence-corrected chi connectivity index (χ3v) is 8.67. The van der Waals surface area contributed by atoms with Crippen LogP contribution in [0.15, 0.2) is 58.8 Å². The summed E-state index contributed by atoms with van der Waals surface area (Å²) in [5, 5.41) is 46.3.